The van der Waals surface area contributed by atoms with Crippen molar-refractivity contribution in [1.82, 2.24) is 15.0 Å². The first-order valence-electron chi connectivity index (χ1n) is 20.6. The van der Waals surface area contributed by atoms with Crippen LogP contribution in [0.4, 0.5) is 0 Å². The lowest BCUT2D eigenvalue weighted by molar-refractivity contribution is 1.08. The largest absolute Gasteiger partial charge is 0.208 e. The summed E-state index contributed by atoms with van der Waals surface area (Å²) in [4.78, 5) is 15.6. The maximum Gasteiger partial charge on any atom is 0.165 e. The molecule has 0 aliphatic rings. The van der Waals surface area contributed by atoms with Gasteiger partial charge < -0.3 is 0 Å². The summed E-state index contributed by atoms with van der Waals surface area (Å²) in [6.07, 6.45) is 0. The van der Waals surface area contributed by atoms with Crippen molar-refractivity contribution in [3.05, 3.63) is 212 Å². The Morgan fingerprint density at radius 3 is 1.41 bits per heavy atom. The lowest BCUT2D eigenvalue weighted by atomic mass is 9.83. The SMILES string of the molecule is c1ccc(-c2nc(-c3cccc(-c4c5ccccc5c(-c5ccc(-c6ccccc6)c6ccccc56)c5ccccc45)c3)nc(-c3cccc4c3sc3ccccc34)n2)cc1. The second-order valence-corrected chi connectivity index (χ2v) is 16.5. The van der Waals surface area contributed by atoms with Gasteiger partial charge in [-0.3, -0.25) is 0 Å². The third-order valence-electron chi connectivity index (χ3n) is 11.9. The molecule has 12 aromatic rings. The van der Waals surface area contributed by atoms with E-state index in [1.165, 1.54) is 80.3 Å². The molecule has 0 saturated heterocycles. The van der Waals surface area contributed by atoms with Crippen LogP contribution in [0.5, 0.6) is 0 Å². The molecule has 4 heteroatoms. The Kier molecular flexibility index (Phi) is 8.36. The highest BCUT2D eigenvalue weighted by molar-refractivity contribution is 7.26. The summed E-state index contributed by atoms with van der Waals surface area (Å²) < 4.78 is 2.42. The normalized spacial score (nSPS) is 11.6. The highest BCUT2D eigenvalue weighted by Crippen LogP contribution is 2.47. The molecule has 0 amide bonds. The highest BCUT2D eigenvalue weighted by Gasteiger charge is 2.21. The van der Waals surface area contributed by atoms with E-state index in [1.54, 1.807) is 11.3 Å². The van der Waals surface area contributed by atoms with Gasteiger partial charge in [0.05, 0.1) is 0 Å². The van der Waals surface area contributed by atoms with Crippen LogP contribution in [0.3, 0.4) is 0 Å². The third kappa shape index (κ3) is 5.91. The fourth-order valence-electron chi connectivity index (χ4n) is 9.19. The highest BCUT2D eigenvalue weighted by atomic mass is 32.1. The van der Waals surface area contributed by atoms with Gasteiger partial charge in [0.2, 0.25) is 0 Å². The van der Waals surface area contributed by atoms with Crippen molar-refractivity contribution in [2.45, 2.75) is 0 Å². The molecule has 0 bridgehead atoms. The van der Waals surface area contributed by atoms with Gasteiger partial charge in [-0.15, -0.1) is 11.3 Å². The molecule has 10 aromatic carbocycles. The summed E-state index contributed by atoms with van der Waals surface area (Å²) in [6, 6.07) is 75.9. The number of benzene rings is 10. The molecule has 0 fully saturated rings. The molecule has 0 spiro atoms. The van der Waals surface area contributed by atoms with Crippen LogP contribution in [-0.2, 0) is 0 Å². The molecule has 0 N–H and O–H groups in total. The molecule has 0 saturated carbocycles. The number of hydrogen-bond donors (Lipinski definition) is 0. The molecular formula is C57H35N3S. The van der Waals surface area contributed by atoms with Crippen molar-refractivity contribution in [2.75, 3.05) is 0 Å². The maximum absolute atomic E-state index is 5.28. The zero-order valence-electron chi connectivity index (χ0n) is 33.0. The van der Waals surface area contributed by atoms with Gasteiger partial charge in [0.15, 0.2) is 17.5 Å². The van der Waals surface area contributed by atoms with Crippen LogP contribution >= 0.6 is 11.3 Å². The van der Waals surface area contributed by atoms with Crippen molar-refractivity contribution in [2.24, 2.45) is 0 Å². The average Bonchev–Trinajstić information content (AvgIpc) is 3.72. The molecule has 0 aliphatic heterocycles. The molecule has 2 heterocycles. The number of thiophene rings is 1. The van der Waals surface area contributed by atoms with Crippen LogP contribution in [0.15, 0.2) is 212 Å². The van der Waals surface area contributed by atoms with Crippen molar-refractivity contribution in [3.8, 4) is 67.5 Å². The topological polar surface area (TPSA) is 38.7 Å². The van der Waals surface area contributed by atoms with E-state index in [0.717, 1.165) is 22.3 Å². The fraction of sp³-hybridized carbons (Fsp3) is 0. The Bertz CT molecular complexity index is 3590. The standard InChI is InChI=1S/C57H35N3S/c1-3-17-36(18-4-1)40-33-34-48(42-24-8-7-23-41(40)42)53-46-28-11-9-26-44(46)52(45-27-10-12-29-47(45)53)38-21-15-22-39(35-38)56-58-55(37-19-5-2-6-20-37)59-57(60-56)50-31-16-30-49-43-25-13-14-32-51(43)61-54(49)50/h1-35H. The Hall–Kier alpha value is -7.79. The van der Waals surface area contributed by atoms with Crippen molar-refractivity contribution < 1.29 is 0 Å². The summed E-state index contributed by atoms with van der Waals surface area (Å²) in [5.41, 5.74) is 10.1. The number of rotatable bonds is 6. The predicted molar refractivity (Wildman–Crippen MR) is 258 cm³/mol. The Labute approximate surface area is 356 Å². The lowest BCUT2D eigenvalue weighted by Crippen LogP contribution is -2.00. The van der Waals surface area contributed by atoms with Gasteiger partial charge in [-0.05, 0) is 83.9 Å². The van der Waals surface area contributed by atoms with E-state index in [0.29, 0.717) is 17.5 Å². The molecule has 0 unspecified atom stereocenters. The minimum absolute atomic E-state index is 0.638. The zero-order chi connectivity index (χ0) is 40.3. The van der Waals surface area contributed by atoms with Crippen molar-refractivity contribution in [1.29, 1.82) is 0 Å². The van der Waals surface area contributed by atoms with Gasteiger partial charge in [-0.2, -0.15) is 0 Å². The van der Waals surface area contributed by atoms with E-state index in [1.807, 2.05) is 18.2 Å². The predicted octanol–water partition coefficient (Wildman–Crippen LogP) is 15.7. The van der Waals surface area contributed by atoms with Gasteiger partial charge in [-0.25, -0.2) is 15.0 Å². The van der Waals surface area contributed by atoms with E-state index in [2.05, 4.69) is 194 Å². The summed E-state index contributed by atoms with van der Waals surface area (Å²) >= 11 is 1.79. The number of nitrogens with zero attached hydrogens (tertiary/aromatic N) is 3. The molecule has 61 heavy (non-hydrogen) atoms. The minimum atomic E-state index is 0.638. The average molecular weight is 794 g/mol. The lowest BCUT2D eigenvalue weighted by Gasteiger charge is -2.20. The van der Waals surface area contributed by atoms with Crippen LogP contribution in [0, 0.1) is 0 Å². The molecule has 12 rings (SSSR count). The molecule has 0 aliphatic carbocycles. The zero-order valence-corrected chi connectivity index (χ0v) is 33.8. The Morgan fingerprint density at radius 1 is 0.262 bits per heavy atom. The Balaban J connectivity index is 1.06. The Morgan fingerprint density at radius 2 is 0.721 bits per heavy atom. The van der Waals surface area contributed by atoms with E-state index in [-0.39, 0.29) is 0 Å². The van der Waals surface area contributed by atoms with E-state index in [9.17, 15) is 0 Å². The minimum Gasteiger partial charge on any atom is -0.208 e. The summed E-state index contributed by atoms with van der Waals surface area (Å²) in [5, 5.41) is 9.76. The molecule has 0 radical (unpaired) electrons. The van der Waals surface area contributed by atoms with E-state index < -0.39 is 0 Å². The van der Waals surface area contributed by atoms with Crippen LogP contribution in [-0.4, -0.2) is 15.0 Å². The second-order valence-electron chi connectivity index (χ2n) is 15.4. The van der Waals surface area contributed by atoms with Gasteiger partial charge in [0.1, 0.15) is 0 Å². The summed E-state index contributed by atoms with van der Waals surface area (Å²) in [7, 11) is 0. The summed E-state index contributed by atoms with van der Waals surface area (Å²) in [6.45, 7) is 0. The molecule has 3 nitrogen and oxygen atoms in total. The maximum atomic E-state index is 5.28. The van der Waals surface area contributed by atoms with Crippen LogP contribution in [0.2, 0.25) is 0 Å². The first-order chi connectivity index (χ1) is 30.3. The molecule has 2 aromatic heterocycles. The third-order valence-corrected chi connectivity index (χ3v) is 13.2. The van der Waals surface area contributed by atoms with Gasteiger partial charge >= 0.3 is 0 Å². The molecular weight excluding hydrogens is 759 g/mol. The van der Waals surface area contributed by atoms with Gasteiger partial charge in [0, 0.05) is 36.9 Å². The van der Waals surface area contributed by atoms with Gasteiger partial charge in [0.25, 0.3) is 0 Å². The summed E-state index contributed by atoms with van der Waals surface area (Å²) in [5.74, 6) is 1.95. The van der Waals surface area contributed by atoms with Crippen molar-refractivity contribution in [3.63, 3.8) is 0 Å². The van der Waals surface area contributed by atoms with E-state index >= 15 is 0 Å². The monoisotopic (exact) mass is 793 g/mol. The number of fused-ring (bicyclic) bond motifs is 6. The quantitative estimate of drug-likeness (QED) is 0.157. The molecule has 0 atom stereocenters. The van der Waals surface area contributed by atoms with Gasteiger partial charge in [-0.1, -0.05) is 194 Å². The second kappa shape index (κ2) is 14.5. The number of hydrogen-bond acceptors (Lipinski definition) is 4. The van der Waals surface area contributed by atoms with E-state index in [4.69, 9.17) is 15.0 Å². The number of aromatic nitrogens is 3. The first kappa shape index (κ1) is 35.2. The van der Waals surface area contributed by atoms with Crippen LogP contribution < -0.4 is 0 Å². The smallest absolute Gasteiger partial charge is 0.165 e. The first-order valence-corrected chi connectivity index (χ1v) is 21.4. The van der Waals surface area contributed by atoms with Crippen molar-refractivity contribution >= 4 is 63.8 Å². The molecule has 284 valence electrons. The van der Waals surface area contributed by atoms with Crippen LogP contribution in [0.25, 0.3) is 120 Å². The van der Waals surface area contributed by atoms with Crippen LogP contribution in [0.1, 0.15) is 0 Å². The fourth-order valence-corrected chi connectivity index (χ4v) is 10.4.